The number of hydrogen-bond donors (Lipinski definition) is 2. The van der Waals surface area contributed by atoms with Crippen LogP contribution in [0.2, 0.25) is 0 Å². The molecule has 140 valence electrons. The van der Waals surface area contributed by atoms with Crippen LogP contribution in [0, 0.1) is 5.82 Å². The Morgan fingerprint density at radius 3 is 2.84 bits per heavy atom. The van der Waals surface area contributed by atoms with Crippen LogP contribution in [0.5, 0.6) is 0 Å². The second kappa shape index (κ2) is 11.2. The first kappa shape index (κ1) is 21.6. The molecule has 1 unspecified atom stereocenters. The lowest BCUT2D eigenvalue weighted by Gasteiger charge is -2.17. The molecule has 2 rings (SSSR count). The van der Waals surface area contributed by atoms with Gasteiger partial charge in [-0.15, -0.1) is 24.0 Å². The van der Waals surface area contributed by atoms with Crippen LogP contribution < -0.4 is 10.6 Å². The van der Waals surface area contributed by atoms with Crippen LogP contribution in [-0.4, -0.2) is 56.7 Å². The van der Waals surface area contributed by atoms with Crippen LogP contribution in [0.4, 0.5) is 4.39 Å². The van der Waals surface area contributed by atoms with Gasteiger partial charge in [-0.2, -0.15) is 0 Å². The summed E-state index contributed by atoms with van der Waals surface area (Å²) < 4.78 is 18.8. The summed E-state index contributed by atoms with van der Waals surface area (Å²) in [6.07, 6.45) is 2.24. The maximum atomic E-state index is 13.2. The summed E-state index contributed by atoms with van der Waals surface area (Å²) in [7, 11) is 3.40. The number of nitrogens with one attached hydrogen (secondary N) is 2. The average Bonchev–Trinajstić information content (AvgIpc) is 3.07. The Bertz CT molecular complexity index is 578. The molecule has 1 aromatic carbocycles. The highest BCUT2D eigenvalue weighted by atomic mass is 127. The zero-order valence-corrected chi connectivity index (χ0v) is 17.0. The van der Waals surface area contributed by atoms with Crippen LogP contribution in [-0.2, 0) is 16.1 Å². The van der Waals surface area contributed by atoms with E-state index in [9.17, 15) is 9.18 Å². The molecule has 25 heavy (non-hydrogen) atoms. The molecule has 2 N–H and O–H groups in total. The van der Waals surface area contributed by atoms with E-state index < -0.39 is 0 Å². The van der Waals surface area contributed by atoms with Gasteiger partial charge in [0.15, 0.2) is 5.96 Å². The van der Waals surface area contributed by atoms with Crippen molar-refractivity contribution in [3.8, 4) is 0 Å². The Morgan fingerprint density at radius 2 is 2.20 bits per heavy atom. The van der Waals surface area contributed by atoms with E-state index in [1.807, 2.05) is 6.07 Å². The average molecular weight is 464 g/mol. The predicted molar refractivity (Wildman–Crippen MR) is 107 cm³/mol. The minimum Gasteiger partial charge on any atom is -0.376 e. The Hall–Kier alpha value is -1.42. The molecule has 0 aliphatic carbocycles. The fourth-order valence-corrected chi connectivity index (χ4v) is 2.31. The summed E-state index contributed by atoms with van der Waals surface area (Å²) in [5.41, 5.74) is 0.771. The van der Waals surface area contributed by atoms with E-state index in [0.29, 0.717) is 19.0 Å². The number of ether oxygens (including phenoxy) is 1. The molecule has 0 spiro atoms. The van der Waals surface area contributed by atoms with E-state index in [1.54, 1.807) is 20.2 Å². The Morgan fingerprint density at radius 1 is 1.40 bits per heavy atom. The van der Waals surface area contributed by atoms with Gasteiger partial charge in [-0.1, -0.05) is 12.1 Å². The molecule has 1 aliphatic heterocycles. The Labute approximate surface area is 165 Å². The van der Waals surface area contributed by atoms with Gasteiger partial charge in [0.1, 0.15) is 5.82 Å². The molecular weight excluding hydrogens is 438 g/mol. The zero-order valence-electron chi connectivity index (χ0n) is 14.6. The van der Waals surface area contributed by atoms with Gasteiger partial charge in [-0.25, -0.2) is 9.38 Å². The van der Waals surface area contributed by atoms with Crippen molar-refractivity contribution in [2.45, 2.75) is 25.5 Å². The van der Waals surface area contributed by atoms with E-state index in [4.69, 9.17) is 4.74 Å². The number of aliphatic imine (C=N–C) groups is 1. The minimum atomic E-state index is -0.285. The molecule has 0 bridgehead atoms. The third-order valence-electron chi connectivity index (χ3n) is 3.74. The lowest BCUT2D eigenvalue weighted by molar-refractivity contribution is -0.127. The summed E-state index contributed by atoms with van der Waals surface area (Å²) in [5.74, 6) is 0.185. The highest BCUT2D eigenvalue weighted by Gasteiger charge is 2.16. The van der Waals surface area contributed by atoms with Crippen molar-refractivity contribution in [3.63, 3.8) is 0 Å². The Balaban J connectivity index is 0.00000312. The molecule has 1 amide bonds. The number of benzene rings is 1. The van der Waals surface area contributed by atoms with Crippen molar-refractivity contribution >= 4 is 35.8 Å². The third kappa shape index (κ3) is 8.00. The smallest absolute Gasteiger partial charge is 0.241 e. The maximum Gasteiger partial charge on any atom is 0.241 e. The van der Waals surface area contributed by atoms with Crippen LogP contribution in [0.3, 0.4) is 0 Å². The number of guanidine groups is 1. The summed E-state index contributed by atoms with van der Waals surface area (Å²) >= 11 is 0. The first-order valence-corrected chi connectivity index (χ1v) is 8.13. The Kier molecular flexibility index (Phi) is 9.73. The van der Waals surface area contributed by atoms with Gasteiger partial charge < -0.3 is 20.3 Å². The number of hydrogen-bond acceptors (Lipinski definition) is 3. The number of carbonyl (C=O) groups is 1. The molecule has 6 nitrogen and oxygen atoms in total. The summed E-state index contributed by atoms with van der Waals surface area (Å²) in [5, 5.41) is 6.20. The molecule has 0 aromatic heterocycles. The number of rotatable bonds is 6. The zero-order chi connectivity index (χ0) is 17.4. The number of nitrogens with zero attached hydrogens (tertiary/aromatic N) is 2. The molecule has 0 saturated carbocycles. The van der Waals surface area contributed by atoms with Gasteiger partial charge in [0.2, 0.25) is 5.91 Å². The van der Waals surface area contributed by atoms with Crippen LogP contribution >= 0.6 is 24.0 Å². The highest BCUT2D eigenvalue weighted by Crippen LogP contribution is 2.10. The molecule has 1 aliphatic rings. The van der Waals surface area contributed by atoms with Gasteiger partial charge in [-0.3, -0.25) is 4.79 Å². The summed E-state index contributed by atoms with van der Waals surface area (Å²) in [6, 6.07) is 6.32. The minimum absolute atomic E-state index is 0. The molecule has 0 radical (unpaired) electrons. The molecule has 1 heterocycles. The van der Waals surface area contributed by atoms with Gasteiger partial charge in [0.25, 0.3) is 0 Å². The van der Waals surface area contributed by atoms with E-state index >= 15 is 0 Å². The fraction of sp³-hybridized carbons (Fsp3) is 0.529. The lowest BCUT2D eigenvalue weighted by Crippen LogP contribution is -2.45. The topological polar surface area (TPSA) is 66.0 Å². The van der Waals surface area contributed by atoms with Crippen molar-refractivity contribution in [1.29, 1.82) is 0 Å². The van der Waals surface area contributed by atoms with E-state index in [1.165, 1.54) is 17.0 Å². The lowest BCUT2D eigenvalue weighted by atomic mass is 10.2. The summed E-state index contributed by atoms with van der Waals surface area (Å²) in [4.78, 5) is 17.7. The third-order valence-corrected chi connectivity index (χ3v) is 3.74. The highest BCUT2D eigenvalue weighted by molar-refractivity contribution is 14.0. The van der Waals surface area contributed by atoms with Gasteiger partial charge in [0, 0.05) is 27.2 Å². The fourth-order valence-electron chi connectivity index (χ4n) is 2.31. The monoisotopic (exact) mass is 464 g/mol. The molecular formula is C17H26FIN4O2. The predicted octanol–water partition coefficient (Wildman–Crippen LogP) is 1.75. The van der Waals surface area contributed by atoms with Crippen LogP contribution in [0.25, 0.3) is 0 Å². The van der Waals surface area contributed by atoms with Crippen LogP contribution in [0.15, 0.2) is 29.3 Å². The first-order chi connectivity index (χ1) is 11.5. The molecule has 1 atom stereocenters. The molecule has 1 aromatic rings. The van der Waals surface area contributed by atoms with Crippen LogP contribution in [0.1, 0.15) is 18.4 Å². The van der Waals surface area contributed by atoms with Gasteiger partial charge >= 0.3 is 0 Å². The molecule has 1 fully saturated rings. The first-order valence-electron chi connectivity index (χ1n) is 8.13. The molecule has 1 saturated heterocycles. The van der Waals surface area contributed by atoms with Crippen molar-refractivity contribution in [2.24, 2.45) is 4.99 Å². The van der Waals surface area contributed by atoms with Gasteiger partial charge in [-0.05, 0) is 30.5 Å². The quantitative estimate of drug-likeness (QED) is 0.383. The second-order valence-corrected chi connectivity index (χ2v) is 5.95. The standard InChI is InChI=1S/C17H25FN4O2.HI/c1-22(2)16(23)12-21-17(20-11-15-7-4-8-24-15)19-10-13-5-3-6-14(18)9-13;/h3,5-6,9,15H,4,7-8,10-12H2,1-2H3,(H2,19,20,21);1H. The SMILES string of the molecule is CN(C)C(=O)CNC(=NCc1cccc(F)c1)NCC1CCCO1.I. The van der Waals surface area contributed by atoms with Crippen molar-refractivity contribution in [1.82, 2.24) is 15.5 Å². The molecule has 8 heteroatoms. The van der Waals surface area contributed by atoms with E-state index in [0.717, 1.165) is 25.0 Å². The van der Waals surface area contributed by atoms with Crippen molar-refractivity contribution in [2.75, 3.05) is 33.8 Å². The number of halogens is 2. The maximum absolute atomic E-state index is 13.2. The number of amides is 1. The summed E-state index contributed by atoms with van der Waals surface area (Å²) in [6.45, 7) is 1.89. The van der Waals surface area contributed by atoms with Gasteiger partial charge in [0.05, 0.1) is 19.2 Å². The van der Waals surface area contributed by atoms with E-state index in [-0.39, 0.29) is 48.3 Å². The number of likely N-dealkylation sites (N-methyl/N-ethyl adjacent to an activating group) is 1. The van der Waals surface area contributed by atoms with Crippen molar-refractivity contribution < 1.29 is 13.9 Å². The largest absolute Gasteiger partial charge is 0.376 e. The second-order valence-electron chi connectivity index (χ2n) is 5.95. The van der Waals surface area contributed by atoms with E-state index in [2.05, 4.69) is 15.6 Å². The normalized spacial score (nSPS) is 16.9. The van der Waals surface area contributed by atoms with Crippen molar-refractivity contribution in [3.05, 3.63) is 35.6 Å². The number of carbonyl (C=O) groups excluding carboxylic acids is 1.